The molecular weight excluding hydrogens is 258 g/mol. The van der Waals surface area contributed by atoms with Crippen LogP contribution in [0, 0.1) is 11.8 Å². The van der Waals surface area contributed by atoms with Gasteiger partial charge in [-0.05, 0) is 26.3 Å². The zero-order valence-corrected chi connectivity index (χ0v) is 11.6. The van der Waals surface area contributed by atoms with Crippen LogP contribution < -0.4 is 10.1 Å². The summed E-state index contributed by atoms with van der Waals surface area (Å²) in [5, 5.41) is 11.7. The Labute approximate surface area is 117 Å². The molecule has 0 saturated heterocycles. The van der Waals surface area contributed by atoms with Crippen molar-refractivity contribution in [3.63, 3.8) is 0 Å². The van der Waals surface area contributed by atoms with E-state index >= 15 is 0 Å². The third-order valence-corrected chi connectivity index (χ3v) is 3.49. The van der Waals surface area contributed by atoms with E-state index in [2.05, 4.69) is 5.32 Å². The molecule has 1 aromatic carbocycles. The Hall–Kier alpha value is -2.04. The lowest BCUT2D eigenvalue weighted by Crippen LogP contribution is -2.29. The smallest absolute Gasteiger partial charge is 0.307 e. The van der Waals surface area contributed by atoms with Gasteiger partial charge in [0.05, 0.1) is 24.5 Å². The first-order valence-electron chi connectivity index (χ1n) is 6.79. The van der Waals surface area contributed by atoms with Crippen LogP contribution in [0.1, 0.15) is 31.9 Å². The van der Waals surface area contributed by atoms with E-state index in [1.807, 2.05) is 38.1 Å². The lowest BCUT2D eigenvalue weighted by atomic mass is 10.1. The molecule has 1 amide bonds. The predicted octanol–water partition coefficient (Wildman–Crippen LogP) is 1.98. The molecule has 1 aliphatic rings. The molecule has 0 aromatic heterocycles. The van der Waals surface area contributed by atoms with Crippen molar-refractivity contribution in [2.45, 2.75) is 26.3 Å². The van der Waals surface area contributed by atoms with Crippen molar-refractivity contribution >= 4 is 11.9 Å². The fourth-order valence-electron chi connectivity index (χ4n) is 2.28. The highest BCUT2D eigenvalue weighted by atomic mass is 16.5. The monoisotopic (exact) mass is 277 g/mol. The summed E-state index contributed by atoms with van der Waals surface area (Å²) in [6.07, 6.45) is 0.432. The first-order valence-corrected chi connectivity index (χ1v) is 6.79. The summed E-state index contributed by atoms with van der Waals surface area (Å²) in [6.45, 7) is 4.33. The summed E-state index contributed by atoms with van der Waals surface area (Å²) in [5.74, 6) is -1.27. The minimum Gasteiger partial charge on any atom is -0.494 e. The quantitative estimate of drug-likeness (QED) is 0.833. The zero-order valence-electron chi connectivity index (χ0n) is 11.6. The average molecular weight is 277 g/mol. The highest BCUT2D eigenvalue weighted by Gasteiger charge is 2.48. The molecule has 5 nitrogen and oxygen atoms in total. The second-order valence-electron chi connectivity index (χ2n) is 4.99. The van der Waals surface area contributed by atoms with Gasteiger partial charge in [0.15, 0.2) is 0 Å². The van der Waals surface area contributed by atoms with Gasteiger partial charge in [0.25, 0.3) is 0 Å². The van der Waals surface area contributed by atoms with E-state index in [0.29, 0.717) is 13.0 Å². The summed E-state index contributed by atoms with van der Waals surface area (Å²) in [6, 6.07) is 7.32. The number of ether oxygens (including phenoxy) is 1. The Morgan fingerprint density at radius 1 is 1.40 bits per heavy atom. The average Bonchev–Trinajstić information content (AvgIpc) is 3.20. The van der Waals surface area contributed by atoms with Crippen LogP contribution in [0.5, 0.6) is 5.75 Å². The van der Waals surface area contributed by atoms with Gasteiger partial charge in [0.2, 0.25) is 5.91 Å². The molecule has 0 radical (unpaired) electrons. The molecule has 3 atom stereocenters. The number of aliphatic carboxylic acids is 1. The van der Waals surface area contributed by atoms with Gasteiger partial charge in [-0.1, -0.05) is 18.2 Å². The summed E-state index contributed by atoms with van der Waals surface area (Å²) in [5.41, 5.74) is 0.898. The van der Waals surface area contributed by atoms with Crippen molar-refractivity contribution in [3.05, 3.63) is 29.8 Å². The molecule has 1 aromatic rings. The molecule has 1 fully saturated rings. The van der Waals surface area contributed by atoms with Crippen molar-refractivity contribution in [2.24, 2.45) is 11.8 Å². The van der Waals surface area contributed by atoms with Crippen LogP contribution in [0.2, 0.25) is 0 Å². The van der Waals surface area contributed by atoms with Gasteiger partial charge in [0.1, 0.15) is 5.75 Å². The van der Waals surface area contributed by atoms with Gasteiger partial charge in [-0.3, -0.25) is 9.59 Å². The number of rotatable bonds is 6. The van der Waals surface area contributed by atoms with E-state index in [1.54, 1.807) is 0 Å². The molecule has 2 rings (SSSR count). The standard InChI is InChI=1S/C15H19NO4/c1-3-20-13-7-5-4-6-10(13)9(2)16-14(17)11-8-12(11)15(18)19/h4-7,9,11-12H,3,8H2,1-2H3,(H,16,17)(H,18,19). The molecule has 2 N–H and O–H groups in total. The van der Waals surface area contributed by atoms with Gasteiger partial charge in [-0.15, -0.1) is 0 Å². The number of carbonyl (C=O) groups excluding carboxylic acids is 1. The molecule has 0 bridgehead atoms. The molecule has 108 valence electrons. The maximum absolute atomic E-state index is 12.0. The fraction of sp³-hybridized carbons (Fsp3) is 0.467. The van der Waals surface area contributed by atoms with Crippen LogP contribution in [0.25, 0.3) is 0 Å². The van der Waals surface area contributed by atoms with Gasteiger partial charge in [-0.25, -0.2) is 0 Å². The molecule has 1 saturated carbocycles. The summed E-state index contributed by atoms with van der Waals surface area (Å²) < 4.78 is 5.53. The summed E-state index contributed by atoms with van der Waals surface area (Å²) in [7, 11) is 0. The number of amides is 1. The lowest BCUT2D eigenvalue weighted by molar-refractivity contribution is -0.140. The maximum Gasteiger partial charge on any atom is 0.307 e. The molecule has 0 spiro atoms. The van der Waals surface area contributed by atoms with Gasteiger partial charge in [0, 0.05) is 5.56 Å². The van der Waals surface area contributed by atoms with Crippen molar-refractivity contribution in [1.29, 1.82) is 0 Å². The first-order chi connectivity index (χ1) is 9.54. The number of nitrogens with one attached hydrogen (secondary N) is 1. The van der Waals surface area contributed by atoms with E-state index in [4.69, 9.17) is 9.84 Å². The van der Waals surface area contributed by atoms with E-state index in [-0.39, 0.29) is 11.9 Å². The lowest BCUT2D eigenvalue weighted by Gasteiger charge is -2.18. The van der Waals surface area contributed by atoms with Crippen molar-refractivity contribution < 1.29 is 19.4 Å². The Morgan fingerprint density at radius 3 is 2.70 bits per heavy atom. The van der Waals surface area contributed by atoms with E-state index in [1.165, 1.54) is 0 Å². The number of para-hydroxylation sites is 1. The number of benzene rings is 1. The molecular formula is C15H19NO4. The molecule has 20 heavy (non-hydrogen) atoms. The van der Waals surface area contributed by atoms with Crippen molar-refractivity contribution in [1.82, 2.24) is 5.32 Å². The Bertz CT molecular complexity index is 514. The van der Waals surface area contributed by atoms with Crippen LogP contribution in [-0.4, -0.2) is 23.6 Å². The topological polar surface area (TPSA) is 75.6 Å². The van der Waals surface area contributed by atoms with Crippen LogP contribution in [0.15, 0.2) is 24.3 Å². The molecule has 3 unspecified atom stereocenters. The van der Waals surface area contributed by atoms with Crippen LogP contribution in [0.3, 0.4) is 0 Å². The second kappa shape index (κ2) is 5.94. The third-order valence-electron chi connectivity index (χ3n) is 3.49. The maximum atomic E-state index is 12.0. The third kappa shape index (κ3) is 3.10. The molecule has 0 aliphatic heterocycles. The van der Waals surface area contributed by atoms with E-state index in [9.17, 15) is 9.59 Å². The van der Waals surface area contributed by atoms with Gasteiger partial charge < -0.3 is 15.2 Å². The van der Waals surface area contributed by atoms with Crippen LogP contribution >= 0.6 is 0 Å². The largest absolute Gasteiger partial charge is 0.494 e. The number of carboxylic acid groups (broad SMARTS) is 1. The molecule has 0 heterocycles. The van der Waals surface area contributed by atoms with Crippen molar-refractivity contribution in [2.75, 3.05) is 6.61 Å². The Morgan fingerprint density at radius 2 is 2.10 bits per heavy atom. The van der Waals surface area contributed by atoms with Gasteiger partial charge >= 0.3 is 5.97 Å². The second-order valence-corrected chi connectivity index (χ2v) is 4.99. The number of hydrogen-bond acceptors (Lipinski definition) is 3. The predicted molar refractivity (Wildman–Crippen MR) is 73.4 cm³/mol. The summed E-state index contributed by atoms with van der Waals surface area (Å²) >= 11 is 0. The van der Waals surface area contributed by atoms with E-state index < -0.39 is 17.8 Å². The molecule has 5 heteroatoms. The molecule has 1 aliphatic carbocycles. The minimum atomic E-state index is -0.896. The summed E-state index contributed by atoms with van der Waals surface area (Å²) in [4.78, 5) is 22.7. The number of carboxylic acids is 1. The van der Waals surface area contributed by atoms with Crippen molar-refractivity contribution in [3.8, 4) is 5.75 Å². The van der Waals surface area contributed by atoms with Crippen LogP contribution in [-0.2, 0) is 9.59 Å². The highest BCUT2D eigenvalue weighted by Crippen LogP contribution is 2.39. The highest BCUT2D eigenvalue weighted by molar-refractivity contribution is 5.89. The van der Waals surface area contributed by atoms with Gasteiger partial charge in [-0.2, -0.15) is 0 Å². The number of hydrogen-bond donors (Lipinski definition) is 2. The first kappa shape index (κ1) is 14.4. The Kier molecular flexibility index (Phi) is 4.27. The zero-order chi connectivity index (χ0) is 14.7. The Balaban J connectivity index is 2.00. The van der Waals surface area contributed by atoms with Crippen LogP contribution in [0.4, 0.5) is 0 Å². The fourth-order valence-corrected chi connectivity index (χ4v) is 2.28. The normalized spacial score (nSPS) is 21.9. The number of carbonyl (C=O) groups is 2. The minimum absolute atomic E-state index is 0.198. The SMILES string of the molecule is CCOc1ccccc1C(C)NC(=O)C1CC1C(=O)O. The van der Waals surface area contributed by atoms with E-state index in [0.717, 1.165) is 11.3 Å².